The first-order valence-corrected chi connectivity index (χ1v) is 6.91. The Bertz CT molecular complexity index is 667. The standard InChI is InChI=1S/C17H17NO3/c1-20-15-8-12-7-13(6-11-4-3-5-18-10-11)17(19)14(12)9-16(15)21-2/h3-5,8-10,13H,6-7H2,1-2H3/t13-/m1/s1. The number of nitrogens with zero attached hydrogens (tertiary/aromatic N) is 1. The molecule has 0 N–H and O–H groups in total. The van der Waals surface area contributed by atoms with Crippen molar-refractivity contribution in [2.45, 2.75) is 12.8 Å². The van der Waals surface area contributed by atoms with Gasteiger partial charge in [-0.3, -0.25) is 9.78 Å². The third-order valence-electron chi connectivity index (χ3n) is 3.92. The van der Waals surface area contributed by atoms with E-state index in [1.165, 1.54) is 0 Å². The number of carbonyl (C=O) groups is 1. The molecule has 4 heteroatoms. The van der Waals surface area contributed by atoms with Crippen LogP contribution < -0.4 is 9.47 Å². The first-order valence-electron chi connectivity index (χ1n) is 6.91. The van der Waals surface area contributed by atoms with Gasteiger partial charge in [0.05, 0.1) is 14.2 Å². The van der Waals surface area contributed by atoms with Crippen LogP contribution in [0.4, 0.5) is 0 Å². The van der Waals surface area contributed by atoms with Crippen LogP contribution >= 0.6 is 0 Å². The maximum absolute atomic E-state index is 12.6. The summed E-state index contributed by atoms with van der Waals surface area (Å²) in [4.78, 5) is 16.7. The number of fused-ring (bicyclic) bond motifs is 1. The Morgan fingerprint density at radius 3 is 2.67 bits per heavy atom. The van der Waals surface area contributed by atoms with Crippen molar-refractivity contribution in [3.63, 3.8) is 0 Å². The number of ketones is 1. The summed E-state index contributed by atoms with van der Waals surface area (Å²) in [6.07, 6.45) is 5.01. The molecule has 0 radical (unpaired) electrons. The SMILES string of the molecule is COc1cc2c(cc1OC)C(=O)[C@H](Cc1cccnc1)C2. The molecule has 21 heavy (non-hydrogen) atoms. The van der Waals surface area contributed by atoms with E-state index in [0.29, 0.717) is 17.9 Å². The fraction of sp³-hybridized carbons (Fsp3) is 0.294. The van der Waals surface area contributed by atoms with Gasteiger partial charge in [0, 0.05) is 23.9 Å². The van der Waals surface area contributed by atoms with E-state index in [9.17, 15) is 4.79 Å². The van der Waals surface area contributed by atoms with Gasteiger partial charge in [0.1, 0.15) is 0 Å². The number of methoxy groups -OCH3 is 2. The van der Waals surface area contributed by atoms with Gasteiger partial charge in [-0.25, -0.2) is 0 Å². The Morgan fingerprint density at radius 1 is 1.24 bits per heavy atom. The lowest BCUT2D eigenvalue weighted by molar-refractivity contribution is 0.0936. The molecule has 1 aliphatic carbocycles. The number of pyridine rings is 1. The monoisotopic (exact) mass is 283 g/mol. The summed E-state index contributed by atoms with van der Waals surface area (Å²) < 4.78 is 10.6. The molecule has 1 aromatic carbocycles. The van der Waals surface area contributed by atoms with Gasteiger partial charge >= 0.3 is 0 Å². The van der Waals surface area contributed by atoms with Gasteiger partial charge in [0.25, 0.3) is 0 Å². The molecule has 4 nitrogen and oxygen atoms in total. The molecule has 1 aliphatic rings. The molecule has 0 aliphatic heterocycles. The Morgan fingerprint density at radius 2 is 2.00 bits per heavy atom. The lowest BCUT2D eigenvalue weighted by Crippen LogP contribution is -2.12. The van der Waals surface area contributed by atoms with E-state index in [4.69, 9.17) is 9.47 Å². The highest BCUT2D eigenvalue weighted by Gasteiger charge is 2.32. The van der Waals surface area contributed by atoms with Gasteiger partial charge in [-0.05, 0) is 42.2 Å². The molecule has 0 spiro atoms. The quantitative estimate of drug-likeness (QED) is 0.865. The lowest BCUT2D eigenvalue weighted by Gasteiger charge is -2.09. The largest absolute Gasteiger partial charge is 0.493 e. The van der Waals surface area contributed by atoms with Crippen molar-refractivity contribution in [3.05, 3.63) is 53.3 Å². The minimum atomic E-state index is -0.0268. The van der Waals surface area contributed by atoms with Crippen LogP contribution in [-0.2, 0) is 12.8 Å². The van der Waals surface area contributed by atoms with Crippen molar-refractivity contribution >= 4 is 5.78 Å². The second-order valence-electron chi connectivity index (χ2n) is 5.20. The second kappa shape index (κ2) is 5.56. The fourth-order valence-corrected chi connectivity index (χ4v) is 2.87. The summed E-state index contributed by atoms with van der Waals surface area (Å²) in [6, 6.07) is 7.60. The molecule has 0 unspecified atom stereocenters. The first-order chi connectivity index (χ1) is 10.2. The predicted molar refractivity (Wildman–Crippen MR) is 79.0 cm³/mol. The van der Waals surface area contributed by atoms with Gasteiger partial charge in [-0.1, -0.05) is 6.07 Å². The molecule has 2 aromatic rings. The number of aromatic nitrogens is 1. The van der Waals surface area contributed by atoms with Crippen molar-refractivity contribution in [3.8, 4) is 11.5 Å². The van der Waals surface area contributed by atoms with Gasteiger partial charge in [0.2, 0.25) is 0 Å². The Kier molecular flexibility index (Phi) is 3.60. The van der Waals surface area contributed by atoms with Crippen molar-refractivity contribution in [1.82, 2.24) is 4.98 Å². The van der Waals surface area contributed by atoms with Gasteiger partial charge in [-0.15, -0.1) is 0 Å². The minimum Gasteiger partial charge on any atom is -0.493 e. The van der Waals surface area contributed by atoms with E-state index in [2.05, 4.69) is 4.98 Å². The number of benzene rings is 1. The van der Waals surface area contributed by atoms with Crippen molar-refractivity contribution in [2.75, 3.05) is 14.2 Å². The third kappa shape index (κ3) is 2.49. The first kappa shape index (κ1) is 13.6. The zero-order chi connectivity index (χ0) is 14.8. The summed E-state index contributed by atoms with van der Waals surface area (Å²) in [5.74, 6) is 1.42. The molecule has 108 valence electrons. The normalized spacial score (nSPS) is 16.7. The summed E-state index contributed by atoms with van der Waals surface area (Å²) in [5.41, 5.74) is 2.87. The summed E-state index contributed by atoms with van der Waals surface area (Å²) in [5, 5.41) is 0. The molecule has 0 bridgehead atoms. The van der Waals surface area contributed by atoms with Crippen molar-refractivity contribution in [2.24, 2.45) is 5.92 Å². The van der Waals surface area contributed by atoms with E-state index < -0.39 is 0 Å². The van der Waals surface area contributed by atoms with E-state index in [-0.39, 0.29) is 11.7 Å². The molecule has 1 aromatic heterocycles. The van der Waals surface area contributed by atoms with Crippen LogP contribution in [0.25, 0.3) is 0 Å². The van der Waals surface area contributed by atoms with Gasteiger partial charge in [-0.2, -0.15) is 0 Å². The molecule has 0 amide bonds. The van der Waals surface area contributed by atoms with Crippen LogP contribution in [0.1, 0.15) is 21.5 Å². The number of rotatable bonds is 4. The summed E-state index contributed by atoms with van der Waals surface area (Å²) in [7, 11) is 3.19. The summed E-state index contributed by atoms with van der Waals surface area (Å²) >= 11 is 0. The van der Waals surface area contributed by atoms with Crippen LogP contribution in [0, 0.1) is 5.92 Å². The smallest absolute Gasteiger partial charge is 0.167 e. The van der Waals surface area contributed by atoms with Crippen LogP contribution in [0.2, 0.25) is 0 Å². The minimum absolute atomic E-state index is 0.0268. The average Bonchev–Trinajstić information content (AvgIpc) is 2.82. The number of hydrogen-bond acceptors (Lipinski definition) is 4. The van der Waals surface area contributed by atoms with Crippen LogP contribution in [0.5, 0.6) is 11.5 Å². The van der Waals surface area contributed by atoms with E-state index in [1.54, 1.807) is 26.5 Å². The van der Waals surface area contributed by atoms with Crippen LogP contribution in [-0.4, -0.2) is 25.0 Å². The fourth-order valence-electron chi connectivity index (χ4n) is 2.87. The number of Topliss-reactive ketones (excluding diaryl/α,β-unsaturated/α-hetero) is 1. The Balaban J connectivity index is 1.88. The predicted octanol–water partition coefficient (Wildman–Crippen LogP) is 2.70. The molecular formula is C17H17NO3. The molecule has 0 saturated carbocycles. The lowest BCUT2D eigenvalue weighted by atomic mass is 9.97. The average molecular weight is 283 g/mol. The summed E-state index contributed by atoms with van der Waals surface area (Å²) in [6.45, 7) is 0. The van der Waals surface area contributed by atoms with E-state index in [0.717, 1.165) is 23.1 Å². The maximum Gasteiger partial charge on any atom is 0.167 e. The van der Waals surface area contributed by atoms with Crippen LogP contribution in [0.3, 0.4) is 0 Å². The Labute approximate surface area is 123 Å². The number of ether oxygens (including phenoxy) is 2. The molecule has 0 fully saturated rings. The highest BCUT2D eigenvalue weighted by atomic mass is 16.5. The number of hydrogen-bond donors (Lipinski definition) is 0. The zero-order valence-electron chi connectivity index (χ0n) is 12.1. The van der Waals surface area contributed by atoms with E-state index >= 15 is 0 Å². The van der Waals surface area contributed by atoms with Crippen LogP contribution in [0.15, 0.2) is 36.7 Å². The zero-order valence-corrected chi connectivity index (χ0v) is 12.1. The molecule has 1 heterocycles. The van der Waals surface area contributed by atoms with E-state index in [1.807, 2.05) is 24.4 Å². The molecular weight excluding hydrogens is 266 g/mol. The van der Waals surface area contributed by atoms with Crippen molar-refractivity contribution in [1.29, 1.82) is 0 Å². The highest BCUT2D eigenvalue weighted by Crippen LogP contribution is 2.37. The molecule has 0 saturated heterocycles. The number of carbonyl (C=O) groups excluding carboxylic acids is 1. The molecule has 3 rings (SSSR count). The highest BCUT2D eigenvalue weighted by molar-refractivity contribution is 6.03. The van der Waals surface area contributed by atoms with Crippen molar-refractivity contribution < 1.29 is 14.3 Å². The molecule has 1 atom stereocenters. The third-order valence-corrected chi connectivity index (χ3v) is 3.92. The topological polar surface area (TPSA) is 48.4 Å². The second-order valence-corrected chi connectivity index (χ2v) is 5.20. The van der Waals surface area contributed by atoms with Gasteiger partial charge < -0.3 is 9.47 Å². The van der Waals surface area contributed by atoms with Gasteiger partial charge in [0.15, 0.2) is 17.3 Å². The Hall–Kier alpha value is -2.36. The maximum atomic E-state index is 12.6.